The minimum Gasteiger partial charge on any atom is -0.444 e. The molecule has 5 nitrogen and oxygen atoms in total. The lowest BCUT2D eigenvalue weighted by molar-refractivity contribution is 0.0921. The van der Waals surface area contributed by atoms with E-state index in [9.17, 15) is 9.59 Å². The molecule has 0 saturated carbocycles. The van der Waals surface area contributed by atoms with Gasteiger partial charge in [0.2, 0.25) is 0 Å². The molecule has 6 heteroatoms. The summed E-state index contributed by atoms with van der Waals surface area (Å²) in [6, 6.07) is 3.59. The van der Waals surface area contributed by atoms with Gasteiger partial charge in [0, 0.05) is 23.4 Å². The van der Waals surface area contributed by atoms with E-state index in [0.717, 1.165) is 16.8 Å². The predicted octanol–water partition coefficient (Wildman–Crippen LogP) is 2.59. The first-order chi connectivity index (χ1) is 9.38. The molecule has 0 aliphatic rings. The van der Waals surface area contributed by atoms with Crippen LogP contribution in [0.1, 0.15) is 32.9 Å². The summed E-state index contributed by atoms with van der Waals surface area (Å²) in [7, 11) is 0. The maximum absolute atomic E-state index is 12.0. The Hall–Kier alpha value is -1.82. The number of aromatic amines is 1. The molecule has 0 fully saturated rings. The molecule has 2 aromatic rings. The van der Waals surface area contributed by atoms with Crippen LogP contribution in [0.3, 0.4) is 0 Å². The van der Waals surface area contributed by atoms with E-state index in [1.165, 1.54) is 0 Å². The van der Waals surface area contributed by atoms with Crippen LogP contribution in [0.25, 0.3) is 0 Å². The van der Waals surface area contributed by atoms with Gasteiger partial charge in [0.15, 0.2) is 10.4 Å². The van der Waals surface area contributed by atoms with Crippen LogP contribution in [0, 0.1) is 20.8 Å². The van der Waals surface area contributed by atoms with Crippen molar-refractivity contribution in [1.29, 1.82) is 0 Å². The second kappa shape index (κ2) is 5.66. The number of carbonyl (C=O) groups excluding carboxylic acids is 1. The van der Waals surface area contributed by atoms with E-state index in [-0.39, 0.29) is 23.8 Å². The van der Waals surface area contributed by atoms with E-state index >= 15 is 0 Å². The highest BCUT2D eigenvalue weighted by molar-refractivity contribution is 9.10. The Kier molecular flexibility index (Phi) is 4.13. The van der Waals surface area contributed by atoms with Crippen molar-refractivity contribution in [2.45, 2.75) is 27.3 Å². The van der Waals surface area contributed by atoms with Crippen LogP contribution in [-0.4, -0.2) is 10.9 Å². The van der Waals surface area contributed by atoms with Crippen LogP contribution >= 0.6 is 15.9 Å². The van der Waals surface area contributed by atoms with Crippen molar-refractivity contribution in [2.75, 3.05) is 0 Å². The third kappa shape index (κ3) is 3.01. The molecule has 2 aromatic heterocycles. The number of nitrogens with one attached hydrogen (secondary N) is 2. The quantitative estimate of drug-likeness (QED) is 0.903. The molecular weight excluding hydrogens is 324 g/mol. The number of hydrogen-bond donors (Lipinski definition) is 2. The zero-order chi connectivity index (χ0) is 14.9. The number of furan rings is 1. The van der Waals surface area contributed by atoms with Crippen molar-refractivity contribution < 1.29 is 9.21 Å². The van der Waals surface area contributed by atoms with E-state index in [4.69, 9.17) is 4.42 Å². The summed E-state index contributed by atoms with van der Waals surface area (Å²) in [5.41, 5.74) is 2.76. The smallest absolute Gasteiger partial charge is 0.287 e. The van der Waals surface area contributed by atoms with Crippen LogP contribution < -0.4 is 10.9 Å². The van der Waals surface area contributed by atoms with E-state index < -0.39 is 0 Å². The number of halogens is 1. The number of H-pyrrole nitrogens is 1. The largest absolute Gasteiger partial charge is 0.444 e. The monoisotopic (exact) mass is 338 g/mol. The highest BCUT2D eigenvalue weighted by Gasteiger charge is 2.15. The third-order valence-electron chi connectivity index (χ3n) is 3.01. The molecule has 2 heterocycles. The standard InChI is InChI=1S/C14H15BrN2O3/c1-7-4-9(3)17-13(18)10(7)6-16-14(19)12-8(2)5-11(15)20-12/h4-5H,6H2,1-3H3,(H,16,19)(H,17,18). The first kappa shape index (κ1) is 14.6. The molecule has 0 aliphatic heterocycles. The average Bonchev–Trinajstić information content (AvgIpc) is 2.66. The van der Waals surface area contributed by atoms with Crippen LogP contribution in [-0.2, 0) is 6.54 Å². The van der Waals surface area contributed by atoms with E-state index in [2.05, 4.69) is 26.2 Å². The SMILES string of the molecule is Cc1cc(C)c(CNC(=O)c2oc(Br)cc2C)c(=O)[nH]1. The molecule has 0 radical (unpaired) electrons. The van der Waals surface area contributed by atoms with Gasteiger partial charge in [-0.3, -0.25) is 9.59 Å². The van der Waals surface area contributed by atoms with Crippen LogP contribution in [0.4, 0.5) is 0 Å². The van der Waals surface area contributed by atoms with E-state index in [1.54, 1.807) is 13.0 Å². The first-order valence-electron chi connectivity index (χ1n) is 6.12. The first-order valence-corrected chi connectivity index (χ1v) is 6.91. The summed E-state index contributed by atoms with van der Waals surface area (Å²) in [4.78, 5) is 26.6. The van der Waals surface area contributed by atoms with Crippen LogP contribution in [0.5, 0.6) is 0 Å². The van der Waals surface area contributed by atoms with Gasteiger partial charge in [-0.2, -0.15) is 0 Å². The minimum atomic E-state index is -0.340. The molecular formula is C14H15BrN2O3. The van der Waals surface area contributed by atoms with Crippen molar-refractivity contribution in [3.05, 3.63) is 55.3 Å². The van der Waals surface area contributed by atoms with Gasteiger partial charge in [-0.15, -0.1) is 0 Å². The fraction of sp³-hybridized carbons (Fsp3) is 0.286. The van der Waals surface area contributed by atoms with Gasteiger partial charge >= 0.3 is 0 Å². The zero-order valence-corrected chi connectivity index (χ0v) is 13.1. The lowest BCUT2D eigenvalue weighted by atomic mass is 10.1. The maximum Gasteiger partial charge on any atom is 0.287 e. The van der Waals surface area contributed by atoms with Crippen molar-refractivity contribution >= 4 is 21.8 Å². The lowest BCUT2D eigenvalue weighted by Crippen LogP contribution is -2.28. The predicted molar refractivity (Wildman–Crippen MR) is 78.9 cm³/mol. The molecule has 2 rings (SSSR count). The Morgan fingerprint density at radius 3 is 2.55 bits per heavy atom. The molecule has 0 aliphatic carbocycles. The highest BCUT2D eigenvalue weighted by Crippen LogP contribution is 2.19. The molecule has 20 heavy (non-hydrogen) atoms. The van der Waals surface area contributed by atoms with Gasteiger partial charge < -0.3 is 14.7 Å². The molecule has 2 N–H and O–H groups in total. The molecule has 0 saturated heterocycles. The average molecular weight is 339 g/mol. The maximum atomic E-state index is 12.0. The zero-order valence-electron chi connectivity index (χ0n) is 11.5. The third-order valence-corrected chi connectivity index (χ3v) is 3.40. The molecule has 0 atom stereocenters. The number of rotatable bonds is 3. The fourth-order valence-corrected chi connectivity index (χ4v) is 2.52. The normalized spacial score (nSPS) is 10.6. The Bertz CT molecular complexity index is 716. The topological polar surface area (TPSA) is 75.1 Å². The Balaban J connectivity index is 2.15. The molecule has 0 bridgehead atoms. The molecule has 0 aromatic carbocycles. The lowest BCUT2D eigenvalue weighted by Gasteiger charge is -2.07. The van der Waals surface area contributed by atoms with Crippen molar-refractivity contribution in [3.8, 4) is 0 Å². The van der Waals surface area contributed by atoms with Crippen LogP contribution in [0.15, 0.2) is 26.0 Å². The minimum absolute atomic E-state index is 0.165. The van der Waals surface area contributed by atoms with E-state index in [0.29, 0.717) is 10.2 Å². The van der Waals surface area contributed by atoms with Gasteiger partial charge in [-0.05, 0) is 54.4 Å². The Labute approximate surface area is 124 Å². The second-order valence-electron chi connectivity index (χ2n) is 4.69. The van der Waals surface area contributed by atoms with Gasteiger partial charge in [0.05, 0.1) is 0 Å². The Morgan fingerprint density at radius 1 is 1.30 bits per heavy atom. The number of amides is 1. The van der Waals surface area contributed by atoms with Crippen molar-refractivity contribution in [3.63, 3.8) is 0 Å². The summed E-state index contributed by atoms with van der Waals surface area (Å²) in [5.74, 6) is -0.0920. The van der Waals surface area contributed by atoms with E-state index in [1.807, 2.05) is 19.9 Å². The van der Waals surface area contributed by atoms with Gasteiger partial charge in [0.1, 0.15) is 0 Å². The number of carbonyl (C=O) groups is 1. The van der Waals surface area contributed by atoms with Crippen molar-refractivity contribution in [1.82, 2.24) is 10.3 Å². The summed E-state index contributed by atoms with van der Waals surface area (Å²) >= 11 is 3.18. The molecule has 0 spiro atoms. The summed E-state index contributed by atoms with van der Waals surface area (Å²) in [5, 5.41) is 2.70. The van der Waals surface area contributed by atoms with Crippen LogP contribution in [0.2, 0.25) is 0 Å². The van der Waals surface area contributed by atoms with Gasteiger partial charge in [0.25, 0.3) is 11.5 Å². The van der Waals surface area contributed by atoms with Gasteiger partial charge in [-0.25, -0.2) is 0 Å². The number of hydrogen-bond acceptors (Lipinski definition) is 3. The Morgan fingerprint density at radius 2 is 2.00 bits per heavy atom. The molecule has 0 unspecified atom stereocenters. The summed E-state index contributed by atoms with van der Waals surface area (Å²) < 4.78 is 5.77. The summed E-state index contributed by atoms with van der Waals surface area (Å²) in [6.07, 6.45) is 0. The molecule has 1 amide bonds. The van der Waals surface area contributed by atoms with Crippen molar-refractivity contribution in [2.24, 2.45) is 0 Å². The summed E-state index contributed by atoms with van der Waals surface area (Å²) in [6.45, 7) is 5.62. The second-order valence-corrected chi connectivity index (χ2v) is 5.47. The van der Waals surface area contributed by atoms with Gasteiger partial charge in [-0.1, -0.05) is 0 Å². The fourth-order valence-electron chi connectivity index (χ4n) is 2.02. The number of pyridine rings is 1. The highest BCUT2D eigenvalue weighted by atomic mass is 79.9. The number of aromatic nitrogens is 1. The molecule has 106 valence electrons. The number of aryl methyl sites for hydroxylation is 3.